The predicted octanol–water partition coefficient (Wildman–Crippen LogP) is 5.35. The Kier molecular flexibility index (Phi) is 11.7. The minimum atomic E-state index is 0.954. The van der Waals surface area contributed by atoms with Crippen LogP contribution in [-0.2, 0) is 0 Å². The number of unbranched alkanes of at least 4 members (excludes halogenated alkanes) is 3. The highest BCUT2D eigenvalue weighted by Crippen LogP contribution is 2.21. The van der Waals surface area contributed by atoms with Gasteiger partial charge in [-0.3, -0.25) is 0 Å². The van der Waals surface area contributed by atoms with Crippen molar-refractivity contribution in [1.29, 1.82) is 0 Å². The highest BCUT2D eigenvalue weighted by atomic mass is 32.1. The molecule has 14 heavy (non-hydrogen) atoms. The maximum Gasteiger partial charge on any atom is 0.00370 e. The summed E-state index contributed by atoms with van der Waals surface area (Å²) in [5, 5.41) is 0. The van der Waals surface area contributed by atoms with Gasteiger partial charge in [0.05, 0.1) is 0 Å². The van der Waals surface area contributed by atoms with Crippen molar-refractivity contribution in [3.05, 3.63) is 0 Å². The van der Waals surface area contributed by atoms with Gasteiger partial charge in [0.15, 0.2) is 0 Å². The van der Waals surface area contributed by atoms with E-state index in [1.54, 1.807) is 0 Å². The first-order valence-electron chi connectivity index (χ1n) is 6.43. The molecule has 0 saturated carbocycles. The van der Waals surface area contributed by atoms with Crippen molar-refractivity contribution in [2.75, 3.05) is 5.75 Å². The maximum atomic E-state index is 5.01. The molecule has 0 aliphatic heterocycles. The summed E-state index contributed by atoms with van der Waals surface area (Å²) in [6, 6.07) is 0. The van der Waals surface area contributed by atoms with Gasteiger partial charge in [0.2, 0.25) is 0 Å². The van der Waals surface area contributed by atoms with Crippen molar-refractivity contribution in [3.8, 4) is 0 Å². The normalized spacial score (nSPS) is 13.1. The molecule has 1 unspecified atom stereocenters. The van der Waals surface area contributed by atoms with Crippen LogP contribution in [-0.4, -0.2) is 5.75 Å². The molecule has 0 aliphatic rings. The lowest BCUT2D eigenvalue weighted by molar-refractivity contribution is 0.393. The average Bonchev–Trinajstić information content (AvgIpc) is 2.20. The molecule has 1 heteroatoms. The number of hydrogen-bond donors (Lipinski definition) is 0. The molecule has 1 atom stereocenters. The van der Waals surface area contributed by atoms with E-state index >= 15 is 0 Å². The molecule has 0 aromatic carbocycles. The maximum absolute atomic E-state index is 5.01. The van der Waals surface area contributed by atoms with Crippen LogP contribution < -0.4 is 0 Å². The zero-order valence-electron chi connectivity index (χ0n) is 10.1. The molecular weight excluding hydrogens is 188 g/mol. The molecule has 0 bridgehead atoms. The van der Waals surface area contributed by atoms with Crippen LogP contribution >= 0.6 is 12.6 Å². The Hall–Kier alpha value is 0.350. The van der Waals surface area contributed by atoms with Gasteiger partial charge in [-0.25, -0.2) is 0 Å². The number of rotatable bonds is 10. The summed E-state index contributed by atoms with van der Waals surface area (Å²) >= 11 is 5.01. The van der Waals surface area contributed by atoms with Gasteiger partial charge in [0.25, 0.3) is 0 Å². The topological polar surface area (TPSA) is 0 Å². The Morgan fingerprint density at radius 1 is 0.786 bits per heavy atom. The van der Waals surface area contributed by atoms with E-state index < -0.39 is 0 Å². The Morgan fingerprint density at radius 3 is 2.07 bits per heavy atom. The summed E-state index contributed by atoms with van der Waals surface area (Å²) in [5.74, 6) is 1.93. The highest BCUT2D eigenvalue weighted by Gasteiger charge is 2.06. The third-order valence-electron chi connectivity index (χ3n) is 2.92. The van der Waals surface area contributed by atoms with E-state index in [0.29, 0.717) is 0 Å². The quantitative estimate of drug-likeness (QED) is 0.431. The largest absolute Gasteiger partial charge is 0.0942 e. The van der Waals surface area contributed by atoms with Gasteiger partial charge in [-0.15, -0.1) is 0 Å². The van der Waals surface area contributed by atoms with Gasteiger partial charge in [0.1, 0.15) is 0 Å². The Morgan fingerprint density at radius 2 is 1.50 bits per heavy atom. The third kappa shape index (κ3) is 8.93. The van der Waals surface area contributed by atoms with Crippen molar-refractivity contribution in [2.45, 2.75) is 71.6 Å². The lowest BCUT2D eigenvalue weighted by Gasteiger charge is -2.15. The van der Waals surface area contributed by atoms with Crippen LogP contribution in [0.3, 0.4) is 0 Å². The van der Waals surface area contributed by atoms with Crippen LogP contribution in [0.15, 0.2) is 0 Å². The van der Waals surface area contributed by atoms with Crippen molar-refractivity contribution < 1.29 is 0 Å². The summed E-state index contributed by atoms with van der Waals surface area (Å²) in [7, 11) is 0. The molecule has 1 radical (unpaired) electrons. The first-order valence-corrected chi connectivity index (χ1v) is 7.00. The Bertz CT molecular complexity index is 101. The molecule has 0 aromatic rings. The fraction of sp³-hybridized carbons (Fsp3) is 1.00. The van der Waals surface area contributed by atoms with Gasteiger partial charge in [0, 0.05) is 5.75 Å². The number of hydrogen-bond acceptors (Lipinski definition) is 0. The summed E-state index contributed by atoms with van der Waals surface area (Å²) < 4.78 is 0. The van der Waals surface area contributed by atoms with Crippen LogP contribution in [0.1, 0.15) is 71.6 Å². The van der Waals surface area contributed by atoms with E-state index in [9.17, 15) is 0 Å². The second-order valence-electron chi connectivity index (χ2n) is 4.35. The summed E-state index contributed by atoms with van der Waals surface area (Å²) in [6.45, 7) is 4.58. The van der Waals surface area contributed by atoms with Crippen molar-refractivity contribution in [2.24, 2.45) is 5.92 Å². The molecule has 0 amide bonds. The highest BCUT2D eigenvalue weighted by molar-refractivity contribution is 7.80. The Labute approximate surface area is 96.3 Å². The third-order valence-corrected chi connectivity index (χ3v) is 3.21. The van der Waals surface area contributed by atoms with Crippen molar-refractivity contribution >= 4 is 12.6 Å². The van der Waals surface area contributed by atoms with Crippen LogP contribution in [0.4, 0.5) is 0 Å². The Balaban J connectivity index is 3.40. The summed E-state index contributed by atoms with van der Waals surface area (Å²) in [4.78, 5) is 0. The molecule has 0 heterocycles. The molecule has 0 rings (SSSR count). The van der Waals surface area contributed by atoms with Gasteiger partial charge >= 0.3 is 0 Å². The minimum absolute atomic E-state index is 0.954. The van der Waals surface area contributed by atoms with E-state index in [1.165, 1.54) is 57.8 Å². The summed E-state index contributed by atoms with van der Waals surface area (Å²) in [6.07, 6.45) is 12.5. The monoisotopic (exact) mass is 215 g/mol. The minimum Gasteiger partial charge on any atom is -0.0942 e. The lowest BCUT2D eigenvalue weighted by atomic mass is 9.92. The smallest absolute Gasteiger partial charge is 0.00370 e. The standard InChI is InChI=1S/C13H27S/c1-3-5-6-7-10-13(9-4-2)11-8-12-14/h13H,3-12H2,1-2H3. The van der Waals surface area contributed by atoms with Gasteiger partial charge in [-0.1, -0.05) is 71.4 Å². The van der Waals surface area contributed by atoms with E-state index in [2.05, 4.69) is 13.8 Å². The second kappa shape index (κ2) is 11.4. The molecule has 0 aromatic heterocycles. The van der Waals surface area contributed by atoms with Gasteiger partial charge in [-0.2, -0.15) is 0 Å². The van der Waals surface area contributed by atoms with E-state index in [0.717, 1.165) is 11.7 Å². The molecule has 0 saturated heterocycles. The fourth-order valence-electron chi connectivity index (χ4n) is 2.07. The average molecular weight is 215 g/mol. The van der Waals surface area contributed by atoms with Crippen molar-refractivity contribution in [1.82, 2.24) is 0 Å². The molecule has 0 spiro atoms. The van der Waals surface area contributed by atoms with Crippen LogP contribution in [0.2, 0.25) is 0 Å². The summed E-state index contributed by atoms with van der Waals surface area (Å²) in [5.41, 5.74) is 0. The molecule has 85 valence electrons. The first-order chi connectivity index (χ1) is 6.85. The SMILES string of the molecule is CCCCCCC(CCC)CCC[S]. The fourth-order valence-corrected chi connectivity index (χ4v) is 2.24. The molecular formula is C13H27S. The lowest BCUT2D eigenvalue weighted by Crippen LogP contribution is -2.00. The molecule has 0 nitrogen and oxygen atoms in total. The zero-order valence-corrected chi connectivity index (χ0v) is 10.9. The van der Waals surface area contributed by atoms with Gasteiger partial charge < -0.3 is 0 Å². The van der Waals surface area contributed by atoms with E-state index in [1.807, 2.05) is 0 Å². The predicted molar refractivity (Wildman–Crippen MR) is 68.8 cm³/mol. The van der Waals surface area contributed by atoms with E-state index in [4.69, 9.17) is 12.6 Å². The van der Waals surface area contributed by atoms with Crippen LogP contribution in [0.5, 0.6) is 0 Å². The molecule has 0 fully saturated rings. The van der Waals surface area contributed by atoms with Crippen LogP contribution in [0, 0.1) is 5.92 Å². The van der Waals surface area contributed by atoms with Gasteiger partial charge in [-0.05, 0) is 18.8 Å². The zero-order chi connectivity index (χ0) is 10.6. The van der Waals surface area contributed by atoms with Crippen molar-refractivity contribution in [3.63, 3.8) is 0 Å². The first kappa shape index (κ1) is 14.3. The second-order valence-corrected chi connectivity index (χ2v) is 4.76. The molecule has 0 aliphatic carbocycles. The van der Waals surface area contributed by atoms with Crippen LogP contribution in [0.25, 0.3) is 0 Å². The van der Waals surface area contributed by atoms with E-state index in [-0.39, 0.29) is 0 Å². The molecule has 0 N–H and O–H groups in total.